The Balaban J connectivity index is 1.73. The Morgan fingerprint density at radius 1 is 1.17 bits per heavy atom. The zero-order chi connectivity index (χ0) is 17.1. The number of benzene rings is 2. The smallest absolute Gasteiger partial charge is 0.254 e. The second-order valence-corrected chi connectivity index (χ2v) is 6.28. The van der Waals surface area contributed by atoms with E-state index in [4.69, 9.17) is 0 Å². The monoisotopic (exact) mass is 344 g/mol. The molecule has 0 saturated heterocycles. The molecule has 0 unspecified atom stereocenters. The number of aryl methyl sites for hydroxylation is 1. The van der Waals surface area contributed by atoms with E-state index in [1.807, 2.05) is 37.3 Å². The van der Waals surface area contributed by atoms with Crippen molar-refractivity contribution < 1.29 is 13.6 Å². The third-order valence-corrected chi connectivity index (χ3v) is 4.71. The minimum atomic E-state index is -0.876. The Bertz CT molecular complexity index is 878. The summed E-state index contributed by atoms with van der Waals surface area (Å²) >= 11 is 1.48. The van der Waals surface area contributed by atoms with Crippen molar-refractivity contribution in [1.29, 1.82) is 0 Å². The fourth-order valence-corrected chi connectivity index (χ4v) is 3.23. The zero-order valence-electron chi connectivity index (χ0n) is 12.8. The van der Waals surface area contributed by atoms with E-state index < -0.39 is 17.5 Å². The maximum absolute atomic E-state index is 13.6. The summed E-state index contributed by atoms with van der Waals surface area (Å²) in [7, 11) is 0. The summed E-state index contributed by atoms with van der Waals surface area (Å²) in [5, 5.41) is 3.52. The average molecular weight is 344 g/mol. The number of carbonyl (C=O) groups is 1. The fourth-order valence-electron chi connectivity index (χ4n) is 2.23. The first-order chi connectivity index (χ1) is 11.5. The van der Waals surface area contributed by atoms with Crippen molar-refractivity contribution in [3.05, 3.63) is 76.3 Å². The van der Waals surface area contributed by atoms with Gasteiger partial charge in [-0.25, -0.2) is 13.8 Å². The predicted molar refractivity (Wildman–Crippen MR) is 89.8 cm³/mol. The summed E-state index contributed by atoms with van der Waals surface area (Å²) in [5.74, 6) is -2.17. The lowest BCUT2D eigenvalue weighted by atomic mass is 10.2. The van der Waals surface area contributed by atoms with E-state index in [0.29, 0.717) is 6.07 Å². The van der Waals surface area contributed by atoms with Crippen molar-refractivity contribution in [1.82, 2.24) is 10.3 Å². The molecule has 0 spiro atoms. The second-order valence-electron chi connectivity index (χ2n) is 5.20. The lowest BCUT2D eigenvalue weighted by Crippen LogP contribution is -2.23. The Labute approximate surface area is 142 Å². The molecular weight excluding hydrogens is 330 g/mol. The van der Waals surface area contributed by atoms with Crippen molar-refractivity contribution in [3.63, 3.8) is 0 Å². The summed E-state index contributed by atoms with van der Waals surface area (Å²) in [6, 6.07) is 12.6. The molecule has 2 aromatic carbocycles. The number of rotatable bonds is 4. The highest BCUT2D eigenvalue weighted by atomic mass is 32.1. The third-order valence-electron chi connectivity index (χ3n) is 3.50. The van der Waals surface area contributed by atoms with Gasteiger partial charge in [0.15, 0.2) is 0 Å². The molecule has 24 heavy (non-hydrogen) atoms. The number of amides is 1. The molecule has 1 amide bonds. The zero-order valence-corrected chi connectivity index (χ0v) is 13.7. The minimum Gasteiger partial charge on any atom is -0.347 e. The van der Waals surface area contributed by atoms with Crippen LogP contribution in [0.4, 0.5) is 8.78 Å². The van der Waals surface area contributed by atoms with Crippen LogP contribution in [0.25, 0.3) is 10.6 Å². The summed E-state index contributed by atoms with van der Waals surface area (Å²) in [5.41, 5.74) is 1.65. The first-order valence-electron chi connectivity index (χ1n) is 7.29. The van der Waals surface area contributed by atoms with Gasteiger partial charge in [0.25, 0.3) is 5.91 Å². The molecule has 0 bridgehead atoms. The van der Waals surface area contributed by atoms with E-state index in [2.05, 4.69) is 10.3 Å². The number of hydrogen-bond donors (Lipinski definition) is 1. The molecule has 3 nitrogen and oxygen atoms in total. The van der Waals surface area contributed by atoms with Crippen molar-refractivity contribution in [3.8, 4) is 10.6 Å². The highest BCUT2D eigenvalue weighted by Gasteiger charge is 2.14. The normalized spacial score (nSPS) is 10.6. The van der Waals surface area contributed by atoms with Gasteiger partial charge in [-0.15, -0.1) is 11.3 Å². The molecule has 122 valence electrons. The molecule has 0 aliphatic carbocycles. The lowest BCUT2D eigenvalue weighted by Gasteiger charge is -2.05. The lowest BCUT2D eigenvalue weighted by molar-refractivity contribution is 0.0947. The van der Waals surface area contributed by atoms with Crippen molar-refractivity contribution in [2.24, 2.45) is 0 Å². The van der Waals surface area contributed by atoms with Crippen LogP contribution in [0.3, 0.4) is 0 Å². The van der Waals surface area contributed by atoms with Crippen LogP contribution >= 0.6 is 11.3 Å². The SMILES string of the molecule is Cc1nc(-c2ccccc2)sc1CNC(=O)c1ccc(F)cc1F. The van der Waals surface area contributed by atoms with Crippen LogP contribution in [-0.2, 0) is 6.54 Å². The standard InChI is InChI=1S/C18H14F2N2OS/c1-11-16(24-18(22-11)12-5-3-2-4-6-12)10-21-17(23)14-8-7-13(19)9-15(14)20/h2-9H,10H2,1H3,(H,21,23). The van der Waals surface area contributed by atoms with Gasteiger partial charge in [-0.3, -0.25) is 4.79 Å². The number of nitrogens with one attached hydrogen (secondary N) is 1. The Morgan fingerprint density at radius 3 is 2.62 bits per heavy atom. The van der Waals surface area contributed by atoms with Gasteiger partial charge in [0.05, 0.1) is 17.8 Å². The molecule has 3 rings (SSSR count). The molecule has 0 radical (unpaired) electrons. The molecule has 0 fully saturated rings. The van der Waals surface area contributed by atoms with Crippen molar-refractivity contribution in [2.45, 2.75) is 13.5 Å². The summed E-state index contributed by atoms with van der Waals surface area (Å²) in [4.78, 5) is 17.4. The highest BCUT2D eigenvalue weighted by molar-refractivity contribution is 7.15. The van der Waals surface area contributed by atoms with Crippen LogP contribution in [0.1, 0.15) is 20.9 Å². The van der Waals surface area contributed by atoms with Crippen LogP contribution in [0, 0.1) is 18.6 Å². The van der Waals surface area contributed by atoms with Crippen molar-refractivity contribution >= 4 is 17.2 Å². The van der Waals surface area contributed by atoms with E-state index in [9.17, 15) is 13.6 Å². The largest absolute Gasteiger partial charge is 0.347 e. The van der Waals surface area contributed by atoms with Crippen LogP contribution < -0.4 is 5.32 Å². The van der Waals surface area contributed by atoms with Gasteiger partial charge in [-0.1, -0.05) is 30.3 Å². The van der Waals surface area contributed by atoms with Gasteiger partial charge in [0.2, 0.25) is 0 Å². The molecule has 1 aromatic heterocycles. The molecule has 1 N–H and O–H groups in total. The average Bonchev–Trinajstić information content (AvgIpc) is 2.94. The minimum absolute atomic E-state index is 0.179. The van der Waals surface area contributed by atoms with Gasteiger partial charge in [-0.2, -0.15) is 0 Å². The fraction of sp³-hybridized carbons (Fsp3) is 0.111. The number of nitrogens with zero attached hydrogens (tertiary/aromatic N) is 1. The molecular formula is C18H14F2N2OS. The molecule has 6 heteroatoms. The van der Waals surface area contributed by atoms with Crippen molar-refractivity contribution in [2.75, 3.05) is 0 Å². The number of aromatic nitrogens is 1. The Morgan fingerprint density at radius 2 is 1.92 bits per heavy atom. The van der Waals surface area contributed by atoms with E-state index in [1.165, 1.54) is 11.3 Å². The van der Waals surface area contributed by atoms with E-state index in [1.54, 1.807) is 0 Å². The second kappa shape index (κ2) is 6.88. The quantitative estimate of drug-likeness (QED) is 0.765. The Hall–Kier alpha value is -2.60. The molecule has 0 aliphatic rings. The van der Waals surface area contributed by atoms with Gasteiger partial charge in [0, 0.05) is 16.5 Å². The molecule has 0 atom stereocenters. The summed E-state index contributed by atoms with van der Waals surface area (Å²) in [6.45, 7) is 2.11. The van der Waals surface area contributed by atoms with Crippen LogP contribution in [0.2, 0.25) is 0 Å². The first-order valence-corrected chi connectivity index (χ1v) is 8.11. The van der Waals surface area contributed by atoms with E-state index in [0.717, 1.165) is 33.3 Å². The van der Waals surface area contributed by atoms with E-state index >= 15 is 0 Å². The van der Waals surface area contributed by atoms with Crippen LogP contribution in [0.15, 0.2) is 48.5 Å². The topological polar surface area (TPSA) is 42.0 Å². The Kier molecular flexibility index (Phi) is 4.66. The van der Waals surface area contributed by atoms with Gasteiger partial charge in [-0.05, 0) is 19.1 Å². The maximum Gasteiger partial charge on any atom is 0.254 e. The van der Waals surface area contributed by atoms with Gasteiger partial charge < -0.3 is 5.32 Å². The first kappa shape index (κ1) is 16.3. The highest BCUT2D eigenvalue weighted by Crippen LogP contribution is 2.27. The molecule has 3 aromatic rings. The molecule has 1 heterocycles. The summed E-state index contributed by atoms with van der Waals surface area (Å²) < 4.78 is 26.5. The maximum atomic E-state index is 13.6. The van der Waals surface area contributed by atoms with Gasteiger partial charge >= 0.3 is 0 Å². The molecule has 0 saturated carbocycles. The van der Waals surface area contributed by atoms with E-state index in [-0.39, 0.29) is 12.1 Å². The number of hydrogen-bond acceptors (Lipinski definition) is 3. The van der Waals surface area contributed by atoms with Gasteiger partial charge in [0.1, 0.15) is 16.6 Å². The summed E-state index contributed by atoms with van der Waals surface area (Å²) in [6.07, 6.45) is 0. The number of thiazole rings is 1. The van der Waals surface area contributed by atoms with Crippen LogP contribution in [-0.4, -0.2) is 10.9 Å². The third kappa shape index (κ3) is 3.49. The molecule has 0 aliphatic heterocycles. The number of carbonyl (C=O) groups excluding carboxylic acids is 1. The number of halogens is 2. The predicted octanol–water partition coefficient (Wildman–Crippen LogP) is 4.33. The van der Waals surface area contributed by atoms with Crippen LogP contribution in [0.5, 0.6) is 0 Å².